The van der Waals surface area contributed by atoms with Crippen molar-refractivity contribution in [3.05, 3.63) is 59.7 Å². The van der Waals surface area contributed by atoms with E-state index < -0.39 is 0 Å². The van der Waals surface area contributed by atoms with E-state index in [0.29, 0.717) is 5.92 Å². The van der Waals surface area contributed by atoms with E-state index in [9.17, 15) is 4.79 Å². The molecule has 0 aromatic heterocycles. The molecule has 4 nitrogen and oxygen atoms in total. The van der Waals surface area contributed by atoms with Crippen LogP contribution in [0.3, 0.4) is 0 Å². The summed E-state index contributed by atoms with van der Waals surface area (Å²) in [5.41, 5.74) is 1.88. The predicted molar refractivity (Wildman–Crippen MR) is 98.3 cm³/mol. The summed E-state index contributed by atoms with van der Waals surface area (Å²) >= 11 is 0. The molecule has 25 heavy (non-hydrogen) atoms. The van der Waals surface area contributed by atoms with Crippen LogP contribution in [0.2, 0.25) is 0 Å². The third kappa shape index (κ3) is 4.32. The minimum absolute atomic E-state index is 0.0981. The number of aryl methyl sites for hydroxylation is 1. The van der Waals surface area contributed by atoms with Gasteiger partial charge in [0.05, 0.1) is 13.7 Å². The molecule has 1 saturated heterocycles. The van der Waals surface area contributed by atoms with Gasteiger partial charge in [-0.25, -0.2) is 0 Å². The van der Waals surface area contributed by atoms with Crippen molar-refractivity contribution in [1.29, 1.82) is 0 Å². The average molecular weight is 339 g/mol. The lowest BCUT2D eigenvalue weighted by Gasteiger charge is -2.32. The van der Waals surface area contributed by atoms with Crippen molar-refractivity contribution in [3.8, 4) is 11.5 Å². The second-order valence-electron chi connectivity index (χ2n) is 6.54. The molecule has 0 aliphatic carbocycles. The molecule has 1 aliphatic heterocycles. The Kier molecular flexibility index (Phi) is 5.59. The van der Waals surface area contributed by atoms with Crippen molar-refractivity contribution in [1.82, 2.24) is 4.90 Å². The van der Waals surface area contributed by atoms with Gasteiger partial charge in [0, 0.05) is 18.7 Å². The minimum atomic E-state index is 0.0981. The average Bonchev–Trinajstić information content (AvgIpc) is 2.67. The number of rotatable bonds is 5. The van der Waals surface area contributed by atoms with E-state index in [4.69, 9.17) is 9.47 Å². The highest BCUT2D eigenvalue weighted by molar-refractivity contribution is 5.94. The van der Waals surface area contributed by atoms with Crippen molar-refractivity contribution in [2.45, 2.75) is 19.8 Å². The van der Waals surface area contributed by atoms with Crippen LogP contribution in [0.15, 0.2) is 48.5 Å². The van der Waals surface area contributed by atoms with E-state index in [1.54, 1.807) is 7.11 Å². The highest BCUT2D eigenvalue weighted by atomic mass is 16.5. The molecule has 0 saturated carbocycles. The van der Waals surface area contributed by atoms with E-state index in [1.807, 2.05) is 47.4 Å². The number of methoxy groups -OCH3 is 1. The number of carbonyl (C=O) groups excluding carboxylic acids is 1. The molecule has 4 heteroatoms. The molecule has 3 rings (SSSR count). The Morgan fingerprint density at radius 2 is 1.76 bits per heavy atom. The fourth-order valence-corrected chi connectivity index (χ4v) is 3.14. The molecule has 0 unspecified atom stereocenters. The van der Waals surface area contributed by atoms with Gasteiger partial charge in [-0.3, -0.25) is 4.79 Å². The summed E-state index contributed by atoms with van der Waals surface area (Å²) in [6.45, 7) is 4.35. The van der Waals surface area contributed by atoms with Crippen molar-refractivity contribution in [3.63, 3.8) is 0 Å². The predicted octanol–water partition coefficient (Wildman–Crippen LogP) is 3.93. The minimum Gasteiger partial charge on any atom is -0.497 e. The van der Waals surface area contributed by atoms with Crippen molar-refractivity contribution < 1.29 is 14.3 Å². The Balaban J connectivity index is 1.49. The van der Waals surface area contributed by atoms with Crippen LogP contribution in [0.1, 0.15) is 28.8 Å². The van der Waals surface area contributed by atoms with Gasteiger partial charge < -0.3 is 14.4 Å². The lowest BCUT2D eigenvalue weighted by molar-refractivity contribution is 0.0661. The van der Waals surface area contributed by atoms with E-state index in [1.165, 1.54) is 0 Å². The highest BCUT2D eigenvalue weighted by Crippen LogP contribution is 2.23. The summed E-state index contributed by atoms with van der Waals surface area (Å²) in [6, 6.07) is 15.4. The van der Waals surface area contributed by atoms with Gasteiger partial charge in [0.15, 0.2) is 0 Å². The molecule has 1 heterocycles. The van der Waals surface area contributed by atoms with Crippen LogP contribution in [0.5, 0.6) is 11.5 Å². The number of hydrogen-bond donors (Lipinski definition) is 0. The molecule has 2 aromatic carbocycles. The van der Waals surface area contributed by atoms with Crippen molar-refractivity contribution >= 4 is 5.91 Å². The van der Waals surface area contributed by atoms with Crippen LogP contribution >= 0.6 is 0 Å². The van der Waals surface area contributed by atoms with Gasteiger partial charge in [0.2, 0.25) is 0 Å². The summed E-state index contributed by atoms with van der Waals surface area (Å²) < 4.78 is 11.1. The Labute approximate surface area is 149 Å². The largest absolute Gasteiger partial charge is 0.497 e. The molecule has 0 bridgehead atoms. The zero-order chi connectivity index (χ0) is 17.6. The number of ether oxygens (including phenoxy) is 2. The number of nitrogens with zero attached hydrogens (tertiary/aromatic N) is 1. The topological polar surface area (TPSA) is 38.8 Å². The molecule has 1 aliphatic rings. The number of para-hydroxylation sites is 1. The summed E-state index contributed by atoms with van der Waals surface area (Å²) in [6.07, 6.45) is 1.96. The van der Waals surface area contributed by atoms with Crippen LogP contribution in [-0.4, -0.2) is 37.6 Å². The number of carbonyl (C=O) groups is 1. The maximum atomic E-state index is 12.6. The van der Waals surface area contributed by atoms with Crippen LogP contribution in [0.25, 0.3) is 0 Å². The Morgan fingerprint density at radius 1 is 1.08 bits per heavy atom. The number of amides is 1. The summed E-state index contributed by atoms with van der Waals surface area (Å²) in [5, 5.41) is 0. The second kappa shape index (κ2) is 8.06. The van der Waals surface area contributed by atoms with E-state index in [0.717, 1.165) is 55.2 Å². The summed E-state index contributed by atoms with van der Waals surface area (Å²) in [4.78, 5) is 14.5. The summed E-state index contributed by atoms with van der Waals surface area (Å²) in [5.74, 6) is 2.32. The van der Waals surface area contributed by atoms with Gasteiger partial charge in [0.1, 0.15) is 11.5 Å². The molecule has 2 aromatic rings. The Morgan fingerprint density at radius 3 is 2.40 bits per heavy atom. The fraction of sp³-hybridized carbons (Fsp3) is 0.381. The van der Waals surface area contributed by atoms with Gasteiger partial charge in [0.25, 0.3) is 5.91 Å². The first-order chi connectivity index (χ1) is 12.2. The first-order valence-corrected chi connectivity index (χ1v) is 8.79. The molecular formula is C21H25NO3. The van der Waals surface area contributed by atoms with E-state index in [2.05, 4.69) is 13.0 Å². The summed E-state index contributed by atoms with van der Waals surface area (Å²) in [7, 11) is 1.63. The van der Waals surface area contributed by atoms with Crippen molar-refractivity contribution in [2.24, 2.45) is 5.92 Å². The van der Waals surface area contributed by atoms with E-state index >= 15 is 0 Å². The zero-order valence-electron chi connectivity index (χ0n) is 14.9. The zero-order valence-corrected chi connectivity index (χ0v) is 14.9. The van der Waals surface area contributed by atoms with Gasteiger partial charge in [-0.05, 0) is 61.6 Å². The quantitative estimate of drug-likeness (QED) is 0.828. The first-order valence-electron chi connectivity index (χ1n) is 8.79. The van der Waals surface area contributed by atoms with Gasteiger partial charge in [-0.1, -0.05) is 18.2 Å². The molecule has 0 N–H and O–H groups in total. The lowest BCUT2D eigenvalue weighted by Crippen LogP contribution is -2.39. The Hall–Kier alpha value is -2.49. The SMILES string of the molecule is COc1ccc(C(=O)N2CCC(COc3ccccc3C)CC2)cc1. The molecule has 0 atom stereocenters. The van der Waals surface area contributed by atoms with Gasteiger partial charge in [-0.15, -0.1) is 0 Å². The normalized spacial score (nSPS) is 15.0. The molecule has 1 fully saturated rings. The number of likely N-dealkylation sites (tertiary alicyclic amines) is 1. The number of piperidine rings is 1. The first kappa shape index (κ1) is 17.3. The van der Waals surface area contributed by atoms with Crippen LogP contribution < -0.4 is 9.47 Å². The second-order valence-corrected chi connectivity index (χ2v) is 6.54. The molecule has 0 radical (unpaired) electrons. The fourth-order valence-electron chi connectivity index (χ4n) is 3.14. The number of benzene rings is 2. The lowest BCUT2D eigenvalue weighted by atomic mass is 9.97. The maximum Gasteiger partial charge on any atom is 0.253 e. The van der Waals surface area contributed by atoms with E-state index in [-0.39, 0.29) is 5.91 Å². The molecular weight excluding hydrogens is 314 g/mol. The monoisotopic (exact) mass is 339 g/mol. The maximum absolute atomic E-state index is 12.6. The Bertz CT molecular complexity index is 703. The highest BCUT2D eigenvalue weighted by Gasteiger charge is 2.24. The van der Waals surface area contributed by atoms with Crippen LogP contribution in [-0.2, 0) is 0 Å². The van der Waals surface area contributed by atoms with Crippen molar-refractivity contribution in [2.75, 3.05) is 26.8 Å². The number of hydrogen-bond acceptors (Lipinski definition) is 3. The molecule has 132 valence electrons. The van der Waals surface area contributed by atoms with Gasteiger partial charge >= 0.3 is 0 Å². The third-order valence-electron chi connectivity index (χ3n) is 4.81. The van der Waals surface area contributed by atoms with Gasteiger partial charge in [-0.2, -0.15) is 0 Å². The standard InChI is InChI=1S/C21H25NO3/c1-16-5-3-4-6-20(16)25-15-17-11-13-22(14-12-17)21(23)18-7-9-19(24-2)10-8-18/h3-10,17H,11-15H2,1-2H3. The molecule has 1 amide bonds. The van der Waals surface area contributed by atoms with Crippen LogP contribution in [0.4, 0.5) is 0 Å². The molecule has 0 spiro atoms. The van der Waals surface area contributed by atoms with Crippen LogP contribution in [0, 0.1) is 12.8 Å². The third-order valence-corrected chi connectivity index (χ3v) is 4.81. The smallest absolute Gasteiger partial charge is 0.253 e.